The van der Waals surface area contributed by atoms with Gasteiger partial charge in [0.2, 0.25) is 0 Å². The van der Waals surface area contributed by atoms with Gasteiger partial charge in [-0.15, -0.1) is 0 Å². The predicted octanol–water partition coefficient (Wildman–Crippen LogP) is 3.06. The molecular weight excluding hydrogens is 328 g/mol. The van der Waals surface area contributed by atoms with Gasteiger partial charge in [0.1, 0.15) is 6.10 Å². The summed E-state index contributed by atoms with van der Waals surface area (Å²) in [5.74, 6) is 0. The maximum atomic E-state index is 12.1. The number of amides is 2. The van der Waals surface area contributed by atoms with Crippen LogP contribution in [0.5, 0.6) is 0 Å². The molecule has 0 bridgehead atoms. The van der Waals surface area contributed by atoms with E-state index >= 15 is 0 Å². The minimum absolute atomic E-state index is 0.185. The third-order valence-corrected chi connectivity index (χ3v) is 4.02. The molecule has 0 aliphatic carbocycles. The lowest BCUT2D eigenvalue weighted by molar-refractivity contribution is 0.103. The topological polar surface area (TPSA) is 70.6 Å². The molecule has 0 aliphatic heterocycles. The fourth-order valence-corrected chi connectivity index (χ4v) is 2.63. The van der Waals surface area contributed by atoms with Crippen molar-refractivity contribution < 1.29 is 14.6 Å². The molecule has 0 saturated carbocycles. The van der Waals surface area contributed by atoms with Crippen molar-refractivity contribution in [1.29, 1.82) is 0 Å². The first kappa shape index (κ1) is 18.3. The van der Waals surface area contributed by atoms with Gasteiger partial charge in [0.15, 0.2) is 0 Å². The number of halogens is 1. The molecule has 3 N–H and O–H groups in total. The monoisotopic (exact) mass is 348 g/mol. The van der Waals surface area contributed by atoms with E-state index < -0.39 is 6.04 Å². The summed E-state index contributed by atoms with van der Waals surface area (Å²) in [6, 6.07) is 15.8. The van der Waals surface area contributed by atoms with E-state index in [2.05, 4.69) is 10.6 Å². The second-order valence-electron chi connectivity index (χ2n) is 5.25. The van der Waals surface area contributed by atoms with Gasteiger partial charge in [0.05, 0.1) is 12.6 Å². The predicted molar refractivity (Wildman–Crippen MR) is 94.0 cm³/mol. The van der Waals surface area contributed by atoms with Crippen LogP contribution in [-0.2, 0) is 4.74 Å². The molecule has 5 nitrogen and oxygen atoms in total. The number of rotatable bonds is 7. The van der Waals surface area contributed by atoms with Crippen LogP contribution < -0.4 is 10.6 Å². The van der Waals surface area contributed by atoms with Crippen molar-refractivity contribution in [3.8, 4) is 0 Å². The number of carbonyl (C=O) groups is 1. The van der Waals surface area contributed by atoms with Crippen LogP contribution in [0.15, 0.2) is 54.6 Å². The molecule has 0 saturated heterocycles. The van der Waals surface area contributed by atoms with E-state index in [1.807, 2.05) is 48.5 Å². The second-order valence-corrected chi connectivity index (χ2v) is 5.65. The van der Waals surface area contributed by atoms with Crippen LogP contribution in [0.25, 0.3) is 0 Å². The highest BCUT2D eigenvalue weighted by atomic mass is 35.5. The summed E-state index contributed by atoms with van der Waals surface area (Å²) in [4.78, 5) is 12.1. The highest BCUT2D eigenvalue weighted by molar-refractivity contribution is 6.31. The van der Waals surface area contributed by atoms with Gasteiger partial charge in [0, 0.05) is 24.2 Å². The third-order valence-electron chi connectivity index (χ3n) is 3.67. The second kappa shape index (κ2) is 9.27. The largest absolute Gasteiger partial charge is 0.394 e. The first-order valence-electron chi connectivity index (χ1n) is 7.63. The van der Waals surface area contributed by atoms with Crippen LogP contribution in [-0.4, -0.2) is 31.4 Å². The number of carbonyl (C=O) groups excluding carboxylic acids is 1. The van der Waals surface area contributed by atoms with E-state index in [1.165, 1.54) is 0 Å². The molecule has 2 unspecified atom stereocenters. The Morgan fingerprint density at radius 1 is 1.17 bits per heavy atom. The number of ether oxygens (including phenoxy) is 1. The Balaban J connectivity index is 1.93. The van der Waals surface area contributed by atoms with Crippen LogP contribution >= 0.6 is 11.6 Å². The number of benzene rings is 2. The highest BCUT2D eigenvalue weighted by Gasteiger charge is 2.17. The summed E-state index contributed by atoms with van der Waals surface area (Å²) < 4.78 is 5.41. The van der Waals surface area contributed by atoms with E-state index in [0.717, 1.165) is 11.1 Å². The first-order valence-corrected chi connectivity index (χ1v) is 8.01. The number of methoxy groups -OCH3 is 1. The molecule has 2 atom stereocenters. The van der Waals surface area contributed by atoms with Crippen LogP contribution in [0.3, 0.4) is 0 Å². The van der Waals surface area contributed by atoms with Crippen molar-refractivity contribution in [3.05, 3.63) is 70.7 Å². The van der Waals surface area contributed by atoms with Gasteiger partial charge in [-0.05, 0) is 11.6 Å². The fraction of sp³-hybridized carbons (Fsp3) is 0.278. The van der Waals surface area contributed by atoms with E-state index in [-0.39, 0.29) is 25.3 Å². The fourth-order valence-electron chi connectivity index (χ4n) is 2.37. The number of urea groups is 1. The normalized spacial score (nSPS) is 13.1. The minimum atomic E-state index is -0.465. The molecule has 0 aromatic heterocycles. The molecular formula is C18H21ClN2O3. The quantitative estimate of drug-likeness (QED) is 0.720. The molecule has 2 aromatic rings. The Kier molecular flexibility index (Phi) is 7.06. The van der Waals surface area contributed by atoms with Crippen LogP contribution in [0.2, 0.25) is 5.02 Å². The lowest BCUT2D eigenvalue weighted by Crippen LogP contribution is -2.41. The third kappa shape index (κ3) is 4.96. The summed E-state index contributed by atoms with van der Waals surface area (Å²) in [7, 11) is 1.56. The molecule has 2 aromatic carbocycles. The van der Waals surface area contributed by atoms with Gasteiger partial charge >= 0.3 is 6.03 Å². The first-order chi connectivity index (χ1) is 11.7. The van der Waals surface area contributed by atoms with Gasteiger partial charge in [-0.25, -0.2) is 4.79 Å². The Labute approximate surface area is 146 Å². The Morgan fingerprint density at radius 3 is 2.46 bits per heavy atom. The Bertz CT molecular complexity index is 652. The lowest BCUT2D eigenvalue weighted by Gasteiger charge is -2.20. The van der Waals surface area contributed by atoms with Crippen LogP contribution in [0.1, 0.15) is 23.3 Å². The average Bonchev–Trinajstić information content (AvgIpc) is 2.62. The standard InChI is InChI=1S/C18H21ClN2O3/c1-24-17(14-9-5-6-10-15(14)19)11-20-18(23)21-16(12-22)13-7-3-2-4-8-13/h2-10,16-17,22H,11-12H2,1H3,(H2,20,21,23). The molecule has 2 rings (SSSR count). The summed E-state index contributed by atoms with van der Waals surface area (Å²) in [5.41, 5.74) is 1.65. The van der Waals surface area contributed by atoms with Gasteiger partial charge in [-0.1, -0.05) is 60.1 Å². The number of hydrogen-bond acceptors (Lipinski definition) is 3. The average molecular weight is 349 g/mol. The molecule has 0 heterocycles. The summed E-state index contributed by atoms with van der Waals surface area (Å²) >= 11 is 6.16. The molecule has 0 radical (unpaired) electrons. The minimum Gasteiger partial charge on any atom is -0.394 e. The van der Waals surface area contributed by atoms with Gasteiger partial charge < -0.3 is 20.5 Å². The van der Waals surface area contributed by atoms with E-state index in [4.69, 9.17) is 16.3 Å². The summed E-state index contributed by atoms with van der Waals surface area (Å²) in [6.45, 7) is 0.0780. The summed E-state index contributed by atoms with van der Waals surface area (Å²) in [6.07, 6.45) is -0.353. The zero-order valence-corrected chi connectivity index (χ0v) is 14.2. The molecule has 0 aliphatic rings. The van der Waals surface area contributed by atoms with Gasteiger partial charge in [-0.2, -0.15) is 0 Å². The Morgan fingerprint density at radius 2 is 1.83 bits per heavy atom. The maximum absolute atomic E-state index is 12.1. The molecule has 24 heavy (non-hydrogen) atoms. The van der Waals surface area contributed by atoms with Crippen molar-refractivity contribution in [3.63, 3.8) is 0 Å². The molecule has 6 heteroatoms. The highest BCUT2D eigenvalue weighted by Crippen LogP contribution is 2.24. The number of aliphatic hydroxyl groups is 1. The molecule has 128 valence electrons. The molecule has 0 spiro atoms. The zero-order chi connectivity index (χ0) is 17.4. The van der Waals surface area contributed by atoms with Crippen molar-refractivity contribution >= 4 is 17.6 Å². The van der Waals surface area contributed by atoms with Gasteiger partial charge in [-0.3, -0.25) is 0 Å². The van der Waals surface area contributed by atoms with Crippen LogP contribution in [0.4, 0.5) is 4.79 Å². The Hall–Kier alpha value is -2.08. The van der Waals surface area contributed by atoms with Crippen molar-refractivity contribution in [2.24, 2.45) is 0 Å². The van der Waals surface area contributed by atoms with E-state index in [0.29, 0.717) is 5.02 Å². The van der Waals surface area contributed by atoms with Gasteiger partial charge in [0.25, 0.3) is 0 Å². The summed E-state index contributed by atoms with van der Waals surface area (Å²) in [5, 5.41) is 15.6. The number of nitrogens with one attached hydrogen (secondary N) is 2. The van der Waals surface area contributed by atoms with E-state index in [9.17, 15) is 9.90 Å². The maximum Gasteiger partial charge on any atom is 0.315 e. The lowest BCUT2D eigenvalue weighted by atomic mass is 10.1. The van der Waals surface area contributed by atoms with E-state index in [1.54, 1.807) is 13.2 Å². The van der Waals surface area contributed by atoms with Crippen molar-refractivity contribution in [2.75, 3.05) is 20.3 Å². The molecule has 2 amide bonds. The smallest absolute Gasteiger partial charge is 0.315 e. The number of hydrogen-bond donors (Lipinski definition) is 3. The zero-order valence-electron chi connectivity index (χ0n) is 13.4. The van der Waals surface area contributed by atoms with Crippen LogP contribution in [0, 0.1) is 0 Å². The number of aliphatic hydroxyl groups excluding tert-OH is 1. The van der Waals surface area contributed by atoms with Crippen molar-refractivity contribution in [1.82, 2.24) is 10.6 Å². The molecule has 0 fully saturated rings. The SMILES string of the molecule is COC(CNC(=O)NC(CO)c1ccccc1)c1ccccc1Cl. The van der Waals surface area contributed by atoms with Crippen molar-refractivity contribution in [2.45, 2.75) is 12.1 Å².